The molecule has 3 aliphatic rings. The highest BCUT2D eigenvalue weighted by Gasteiger charge is 2.58. The van der Waals surface area contributed by atoms with Crippen molar-refractivity contribution in [3.05, 3.63) is 51.8 Å². The Morgan fingerprint density at radius 3 is 2.78 bits per heavy atom. The number of rotatable bonds is 6. The zero-order valence-electron chi connectivity index (χ0n) is 18.7. The van der Waals surface area contributed by atoms with Crippen LogP contribution in [0.2, 0.25) is 0 Å². The van der Waals surface area contributed by atoms with Gasteiger partial charge in [-0.25, -0.2) is 4.79 Å². The van der Waals surface area contributed by atoms with E-state index < -0.39 is 0 Å². The molecule has 5 rings (SSSR count). The summed E-state index contributed by atoms with van der Waals surface area (Å²) in [7, 11) is 0. The quantitative estimate of drug-likeness (QED) is 0.528. The van der Waals surface area contributed by atoms with Crippen molar-refractivity contribution in [3.8, 4) is 0 Å². The molecule has 6 nitrogen and oxygen atoms in total. The van der Waals surface area contributed by atoms with Crippen molar-refractivity contribution in [2.24, 2.45) is 11.8 Å². The van der Waals surface area contributed by atoms with E-state index >= 15 is 0 Å². The number of carbonyl (C=O) groups excluding carboxylic acids is 2. The van der Waals surface area contributed by atoms with Crippen LogP contribution in [0.5, 0.6) is 0 Å². The minimum absolute atomic E-state index is 0.0386. The van der Waals surface area contributed by atoms with Crippen molar-refractivity contribution in [2.75, 3.05) is 25.6 Å². The summed E-state index contributed by atoms with van der Waals surface area (Å²) in [5, 5.41) is 7.32. The standard InChI is InChI=1S/C25H30ClN3O3/c1-3-32-25(31)24-23-20(27-28-24)12-19-18(22(19)23)11-16-5-4-6-17(14(16)2)15-7-9-29(10-8-15)21(30)13-26/h4-6,15,18-19,22H,3,7-13H2,1-2H3,(H,27,28)/t18?,19-,22+/m0/s1. The molecule has 1 aromatic carbocycles. The number of hydrogen-bond donors (Lipinski definition) is 1. The van der Waals surface area contributed by atoms with Crippen LogP contribution in [0.15, 0.2) is 18.2 Å². The number of alkyl halides is 1. The number of aromatic amines is 1. The lowest BCUT2D eigenvalue weighted by Gasteiger charge is -2.33. The summed E-state index contributed by atoms with van der Waals surface area (Å²) in [4.78, 5) is 26.1. The van der Waals surface area contributed by atoms with Gasteiger partial charge in [0.15, 0.2) is 5.69 Å². The first kappa shape index (κ1) is 21.5. The number of amides is 1. The van der Waals surface area contributed by atoms with Crippen LogP contribution in [0.4, 0.5) is 0 Å². The third-order valence-corrected chi connectivity index (χ3v) is 8.03. The Labute approximate surface area is 193 Å². The summed E-state index contributed by atoms with van der Waals surface area (Å²) in [6, 6.07) is 6.68. The van der Waals surface area contributed by atoms with Crippen LogP contribution < -0.4 is 0 Å². The van der Waals surface area contributed by atoms with Gasteiger partial charge in [0.05, 0.1) is 6.61 Å². The Kier molecular flexibility index (Phi) is 5.74. The molecular weight excluding hydrogens is 426 g/mol. The van der Waals surface area contributed by atoms with Crippen molar-refractivity contribution in [2.45, 2.75) is 51.4 Å². The van der Waals surface area contributed by atoms with E-state index in [-0.39, 0.29) is 17.8 Å². The van der Waals surface area contributed by atoms with Crippen molar-refractivity contribution in [1.29, 1.82) is 0 Å². The molecule has 1 amide bonds. The number of nitrogens with zero attached hydrogens (tertiary/aromatic N) is 2. The first-order valence-electron chi connectivity index (χ1n) is 11.7. The largest absolute Gasteiger partial charge is 0.461 e. The van der Waals surface area contributed by atoms with E-state index in [4.69, 9.17) is 16.3 Å². The van der Waals surface area contributed by atoms with E-state index in [9.17, 15) is 9.59 Å². The van der Waals surface area contributed by atoms with Crippen molar-refractivity contribution < 1.29 is 14.3 Å². The lowest BCUT2D eigenvalue weighted by atomic mass is 9.84. The second-order valence-electron chi connectivity index (χ2n) is 9.37. The second kappa shape index (κ2) is 8.54. The molecule has 0 spiro atoms. The first-order chi connectivity index (χ1) is 15.5. The Bertz CT molecular complexity index is 1040. The molecule has 3 atom stereocenters. The van der Waals surface area contributed by atoms with Crippen molar-refractivity contribution in [1.82, 2.24) is 15.1 Å². The molecule has 170 valence electrons. The number of halogens is 1. The first-order valence-corrected chi connectivity index (χ1v) is 12.2. The maximum atomic E-state index is 12.3. The molecule has 1 aromatic heterocycles. The minimum Gasteiger partial charge on any atom is -0.461 e. The van der Waals surface area contributed by atoms with Gasteiger partial charge in [0.25, 0.3) is 0 Å². The molecule has 1 N–H and O–H groups in total. The number of H-pyrrole nitrogens is 1. The predicted octanol–water partition coefficient (Wildman–Crippen LogP) is 3.97. The molecule has 0 bridgehead atoms. The zero-order chi connectivity index (χ0) is 22.4. The zero-order valence-corrected chi connectivity index (χ0v) is 19.5. The molecule has 2 aliphatic carbocycles. The van der Waals surface area contributed by atoms with E-state index in [1.54, 1.807) is 0 Å². The summed E-state index contributed by atoms with van der Waals surface area (Å²) >= 11 is 5.72. The third-order valence-electron chi connectivity index (χ3n) is 7.80. The molecule has 32 heavy (non-hydrogen) atoms. The maximum Gasteiger partial charge on any atom is 0.359 e. The fourth-order valence-corrected chi connectivity index (χ4v) is 6.24. The van der Waals surface area contributed by atoms with E-state index in [1.165, 1.54) is 16.7 Å². The number of nitrogens with one attached hydrogen (secondary N) is 1. The van der Waals surface area contributed by atoms with Gasteiger partial charge in [0, 0.05) is 24.3 Å². The summed E-state index contributed by atoms with van der Waals surface area (Å²) in [5.74, 6) is 1.86. The van der Waals surface area contributed by atoms with Crippen LogP contribution in [0.1, 0.15) is 70.0 Å². The number of hydrogen-bond acceptors (Lipinski definition) is 4. The van der Waals surface area contributed by atoms with E-state index in [0.717, 1.165) is 50.0 Å². The number of benzene rings is 1. The van der Waals surface area contributed by atoms with Crippen LogP contribution in [0.25, 0.3) is 0 Å². The molecule has 0 radical (unpaired) electrons. The molecule has 1 saturated heterocycles. The number of ether oxygens (including phenoxy) is 1. The molecule has 2 heterocycles. The summed E-state index contributed by atoms with van der Waals surface area (Å²) in [6.45, 7) is 6.00. The van der Waals surface area contributed by atoms with Gasteiger partial charge in [-0.1, -0.05) is 18.2 Å². The summed E-state index contributed by atoms with van der Waals surface area (Å²) < 4.78 is 5.21. The fourth-order valence-electron chi connectivity index (χ4n) is 6.07. The van der Waals surface area contributed by atoms with Gasteiger partial charge in [-0.2, -0.15) is 5.10 Å². The molecular formula is C25H30ClN3O3. The van der Waals surface area contributed by atoms with E-state index in [0.29, 0.717) is 36.0 Å². The van der Waals surface area contributed by atoms with Crippen LogP contribution in [0, 0.1) is 18.8 Å². The second-order valence-corrected chi connectivity index (χ2v) is 9.63. The maximum absolute atomic E-state index is 12.3. The Morgan fingerprint density at radius 1 is 1.28 bits per heavy atom. The number of carbonyl (C=O) groups is 2. The van der Waals surface area contributed by atoms with Crippen LogP contribution in [0.3, 0.4) is 0 Å². The molecule has 1 aliphatic heterocycles. The topological polar surface area (TPSA) is 75.3 Å². The number of piperidine rings is 1. The van der Waals surface area contributed by atoms with Crippen LogP contribution in [-0.2, 0) is 22.4 Å². The van der Waals surface area contributed by atoms with Gasteiger partial charge < -0.3 is 9.64 Å². The van der Waals surface area contributed by atoms with E-state index in [2.05, 4.69) is 35.3 Å². The number of likely N-dealkylation sites (tertiary alicyclic amines) is 1. The molecule has 2 fully saturated rings. The monoisotopic (exact) mass is 455 g/mol. The normalized spacial score (nSPS) is 24.2. The third kappa shape index (κ3) is 3.62. The molecule has 7 heteroatoms. The predicted molar refractivity (Wildman–Crippen MR) is 122 cm³/mol. The van der Waals surface area contributed by atoms with Gasteiger partial charge in [-0.05, 0) is 79.9 Å². The van der Waals surface area contributed by atoms with Gasteiger partial charge in [0.2, 0.25) is 5.91 Å². The number of aromatic nitrogens is 2. The highest BCUT2D eigenvalue weighted by Crippen LogP contribution is 2.63. The molecule has 1 unspecified atom stereocenters. The van der Waals surface area contributed by atoms with Gasteiger partial charge in [-0.3, -0.25) is 9.89 Å². The van der Waals surface area contributed by atoms with Gasteiger partial charge >= 0.3 is 5.97 Å². The Hall–Kier alpha value is -2.34. The van der Waals surface area contributed by atoms with Crippen LogP contribution in [-0.4, -0.2) is 52.6 Å². The van der Waals surface area contributed by atoms with Crippen molar-refractivity contribution >= 4 is 23.5 Å². The highest BCUT2D eigenvalue weighted by molar-refractivity contribution is 6.27. The highest BCUT2D eigenvalue weighted by atomic mass is 35.5. The fraction of sp³-hybridized carbons (Fsp3) is 0.560. The Morgan fingerprint density at radius 2 is 2.06 bits per heavy atom. The smallest absolute Gasteiger partial charge is 0.359 e. The summed E-state index contributed by atoms with van der Waals surface area (Å²) in [6.07, 6.45) is 3.99. The van der Waals surface area contributed by atoms with Crippen LogP contribution >= 0.6 is 11.6 Å². The van der Waals surface area contributed by atoms with Gasteiger partial charge in [-0.15, -0.1) is 11.6 Å². The average molecular weight is 456 g/mol. The number of esters is 1. The molecule has 2 aromatic rings. The van der Waals surface area contributed by atoms with E-state index in [1.807, 2.05) is 11.8 Å². The SMILES string of the molecule is CCOC(=O)c1n[nH]c2c1[C@@H]1C(Cc3cccc(C4CCN(C(=O)CCl)CC4)c3C)[C@@H]1C2. The van der Waals surface area contributed by atoms with Crippen molar-refractivity contribution in [3.63, 3.8) is 0 Å². The summed E-state index contributed by atoms with van der Waals surface area (Å²) in [5.41, 5.74) is 6.91. The number of fused-ring (bicyclic) bond motifs is 3. The Balaban J connectivity index is 1.28. The molecule has 1 saturated carbocycles. The lowest BCUT2D eigenvalue weighted by Crippen LogP contribution is -2.38. The minimum atomic E-state index is -0.312. The lowest BCUT2D eigenvalue weighted by molar-refractivity contribution is -0.129. The van der Waals surface area contributed by atoms with Gasteiger partial charge in [0.1, 0.15) is 5.88 Å². The average Bonchev–Trinajstić information content (AvgIpc) is 3.12.